The second-order valence-corrected chi connectivity index (χ2v) is 4.61. The molecule has 4 nitrogen and oxygen atoms in total. The molecule has 0 atom stereocenters. The summed E-state index contributed by atoms with van der Waals surface area (Å²) < 4.78 is 0. The van der Waals surface area contributed by atoms with Crippen LogP contribution in [0.3, 0.4) is 0 Å². The average molecular weight is 248 g/mol. The fourth-order valence-corrected chi connectivity index (χ4v) is 2.52. The molecule has 1 aromatic heterocycles. The van der Waals surface area contributed by atoms with Gasteiger partial charge in [0.15, 0.2) is 0 Å². The largest absolute Gasteiger partial charge is 0.478 e. The van der Waals surface area contributed by atoms with E-state index in [0.29, 0.717) is 12.1 Å². The van der Waals surface area contributed by atoms with Crippen molar-refractivity contribution in [3.63, 3.8) is 0 Å². The van der Waals surface area contributed by atoms with E-state index < -0.39 is 5.97 Å². The number of aromatic carboxylic acids is 1. The molecule has 0 saturated carbocycles. The molecule has 2 N–H and O–H groups in total. The molecular formula is C12H12N2O2S. The van der Waals surface area contributed by atoms with Crippen molar-refractivity contribution in [1.82, 2.24) is 10.3 Å². The van der Waals surface area contributed by atoms with Crippen LogP contribution in [0.15, 0.2) is 30.5 Å². The molecule has 5 heteroatoms. The Labute approximate surface area is 103 Å². The van der Waals surface area contributed by atoms with Gasteiger partial charge >= 0.3 is 5.97 Å². The monoisotopic (exact) mass is 248 g/mol. The summed E-state index contributed by atoms with van der Waals surface area (Å²) in [4.78, 5) is 16.2. The van der Waals surface area contributed by atoms with Crippen LogP contribution >= 0.6 is 11.3 Å². The summed E-state index contributed by atoms with van der Waals surface area (Å²) in [6.07, 6.45) is 1.72. The lowest BCUT2D eigenvalue weighted by molar-refractivity contribution is 0.0698. The van der Waals surface area contributed by atoms with E-state index in [1.807, 2.05) is 13.1 Å². The molecule has 0 amide bonds. The molecule has 1 aromatic carbocycles. The Hall–Kier alpha value is -1.72. The Balaban J connectivity index is 2.41. The zero-order valence-corrected chi connectivity index (χ0v) is 10.1. The Kier molecular flexibility index (Phi) is 3.51. The normalized spacial score (nSPS) is 10.4. The second kappa shape index (κ2) is 5.07. The minimum Gasteiger partial charge on any atom is -0.478 e. The Morgan fingerprint density at radius 1 is 1.47 bits per heavy atom. The number of thiazole rings is 1. The van der Waals surface area contributed by atoms with Crippen LogP contribution in [-0.4, -0.2) is 23.1 Å². The van der Waals surface area contributed by atoms with Crippen LogP contribution in [0.1, 0.15) is 15.4 Å². The molecule has 0 spiro atoms. The highest BCUT2D eigenvalue weighted by Crippen LogP contribution is 2.29. The van der Waals surface area contributed by atoms with Crippen molar-refractivity contribution in [2.75, 3.05) is 7.05 Å². The van der Waals surface area contributed by atoms with Crippen LogP contribution in [0.5, 0.6) is 0 Å². The maximum Gasteiger partial charge on any atom is 0.336 e. The highest BCUT2D eigenvalue weighted by Gasteiger charge is 2.12. The lowest BCUT2D eigenvalue weighted by Crippen LogP contribution is -2.03. The van der Waals surface area contributed by atoms with Gasteiger partial charge in [0.05, 0.1) is 10.4 Å². The summed E-state index contributed by atoms with van der Waals surface area (Å²) in [7, 11) is 1.85. The number of carbonyl (C=O) groups is 1. The number of aromatic nitrogens is 1. The maximum atomic E-state index is 11.1. The summed E-state index contributed by atoms with van der Waals surface area (Å²) >= 11 is 1.51. The topological polar surface area (TPSA) is 62.2 Å². The molecule has 0 bridgehead atoms. The van der Waals surface area contributed by atoms with Crippen molar-refractivity contribution in [3.8, 4) is 10.4 Å². The quantitative estimate of drug-likeness (QED) is 0.871. The highest BCUT2D eigenvalue weighted by molar-refractivity contribution is 7.15. The number of carboxylic acid groups (broad SMARTS) is 1. The van der Waals surface area contributed by atoms with Crippen molar-refractivity contribution in [1.29, 1.82) is 0 Å². The van der Waals surface area contributed by atoms with Crippen molar-refractivity contribution in [2.24, 2.45) is 0 Å². The summed E-state index contributed by atoms with van der Waals surface area (Å²) in [6, 6.07) is 6.97. The minimum atomic E-state index is -0.913. The van der Waals surface area contributed by atoms with Crippen LogP contribution < -0.4 is 5.32 Å². The van der Waals surface area contributed by atoms with Gasteiger partial charge in [-0.1, -0.05) is 18.2 Å². The van der Waals surface area contributed by atoms with Crippen LogP contribution in [0.2, 0.25) is 0 Å². The van der Waals surface area contributed by atoms with Gasteiger partial charge in [0, 0.05) is 18.3 Å². The van der Waals surface area contributed by atoms with E-state index in [-0.39, 0.29) is 0 Å². The van der Waals surface area contributed by atoms with Crippen LogP contribution in [0.25, 0.3) is 10.4 Å². The summed E-state index contributed by atoms with van der Waals surface area (Å²) in [5.74, 6) is -0.913. The fraction of sp³-hybridized carbons (Fsp3) is 0.167. The third kappa shape index (κ3) is 2.51. The first-order chi connectivity index (χ1) is 8.22. The molecule has 0 aliphatic heterocycles. The molecule has 17 heavy (non-hydrogen) atoms. The molecule has 2 rings (SSSR count). The predicted octanol–water partition coefficient (Wildman–Crippen LogP) is 2.23. The number of nitrogens with zero attached hydrogens (tertiary/aromatic N) is 1. The third-order valence-electron chi connectivity index (χ3n) is 2.30. The van der Waals surface area contributed by atoms with E-state index in [1.165, 1.54) is 11.3 Å². The summed E-state index contributed by atoms with van der Waals surface area (Å²) in [5, 5.41) is 13.1. The zero-order chi connectivity index (χ0) is 12.3. The Morgan fingerprint density at radius 3 is 2.94 bits per heavy atom. The van der Waals surface area contributed by atoms with Crippen LogP contribution in [-0.2, 0) is 6.54 Å². The molecule has 0 saturated heterocycles. The van der Waals surface area contributed by atoms with Gasteiger partial charge < -0.3 is 10.4 Å². The molecule has 0 aliphatic rings. The molecule has 88 valence electrons. The van der Waals surface area contributed by atoms with Gasteiger partial charge in [-0.15, -0.1) is 11.3 Å². The number of carboxylic acids is 1. The average Bonchev–Trinajstić information content (AvgIpc) is 2.78. The van der Waals surface area contributed by atoms with E-state index in [2.05, 4.69) is 10.3 Å². The van der Waals surface area contributed by atoms with E-state index in [9.17, 15) is 4.79 Å². The van der Waals surface area contributed by atoms with Crippen molar-refractivity contribution < 1.29 is 9.90 Å². The molecule has 1 heterocycles. The predicted molar refractivity (Wildman–Crippen MR) is 67.3 cm³/mol. The number of rotatable bonds is 4. The van der Waals surface area contributed by atoms with Crippen molar-refractivity contribution in [3.05, 3.63) is 41.0 Å². The molecule has 0 radical (unpaired) electrons. The van der Waals surface area contributed by atoms with Gasteiger partial charge in [0.2, 0.25) is 0 Å². The van der Waals surface area contributed by atoms with Crippen molar-refractivity contribution in [2.45, 2.75) is 6.54 Å². The fourth-order valence-electron chi connectivity index (χ4n) is 1.55. The SMILES string of the molecule is CNCc1ncc(-c2ccccc2C(=O)O)s1. The van der Waals surface area contributed by atoms with Gasteiger partial charge in [-0.3, -0.25) is 0 Å². The minimum absolute atomic E-state index is 0.312. The first-order valence-corrected chi connectivity index (χ1v) is 5.96. The van der Waals surface area contributed by atoms with Gasteiger partial charge in [0.25, 0.3) is 0 Å². The van der Waals surface area contributed by atoms with Crippen molar-refractivity contribution >= 4 is 17.3 Å². The Morgan fingerprint density at radius 2 is 2.24 bits per heavy atom. The van der Waals surface area contributed by atoms with E-state index in [0.717, 1.165) is 15.4 Å². The molecule has 0 fully saturated rings. The molecular weight excluding hydrogens is 236 g/mol. The molecule has 0 aliphatic carbocycles. The molecule has 2 aromatic rings. The first-order valence-electron chi connectivity index (χ1n) is 5.14. The Bertz CT molecular complexity index is 537. The number of benzene rings is 1. The third-order valence-corrected chi connectivity index (χ3v) is 3.34. The standard InChI is InChI=1S/C12H12N2O2S/c1-13-7-11-14-6-10(17-11)8-4-2-3-5-9(8)12(15)16/h2-6,13H,7H2,1H3,(H,15,16). The van der Waals surface area contributed by atoms with Crippen LogP contribution in [0, 0.1) is 0 Å². The van der Waals surface area contributed by atoms with Gasteiger partial charge in [0.1, 0.15) is 5.01 Å². The summed E-state index contributed by atoms with van der Waals surface area (Å²) in [5.41, 5.74) is 1.03. The van der Waals surface area contributed by atoms with E-state index in [1.54, 1.807) is 24.4 Å². The second-order valence-electron chi connectivity index (χ2n) is 3.50. The lowest BCUT2D eigenvalue weighted by Gasteiger charge is -2.01. The molecule has 0 unspecified atom stereocenters. The maximum absolute atomic E-state index is 11.1. The highest BCUT2D eigenvalue weighted by atomic mass is 32.1. The number of hydrogen-bond donors (Lipinski definition) is 2. The summed E-state index contributed by atoms with van der Waals surface area (Å²) in [6.45, 7) is 0.694. The first kappa shape index (κ1) is 11.8. The zero-order valence-electron chi connectivity index (χ0n) is 9.30. The number of nitrogens with one attached hydrogen (secondary N) is 1. The van der Waals surface area contributed by atoms with Gasteiger partial charge in [-0.05, 0) is 13.1 Å². The van der Waals surface area contributed by atoms with Gasteiger partial charge in [-0.2, -0.15) is 0 Å². The van der Waals surface area contributed by atoms with Crippen LogP contribution in [0.4, 0.5) is 0 Å². The van der Waals surface area contributed by atoms with E-state index in [4.69, 9.17) is 5.11 Å². The number of hydrogen-bond acceptors (Lipinski definition) is 4. The van der Waals surface area contributed by atoms with Gasteiger partial charge in [-0.25, -0.2) is 9.78 Å². The smallest absolute Gasteiger partial charge is 0.336 e. The lowest BCUT2D eigenvalue weighted by atomic mass is 10.1. The van der Waals surface area contributed by atoms with E-state index >= 15 is 0 Å².